The van der Waals surface area contributed by atoms with Gasteiger partial charge < -0.3 is 15.3 Å². The molecule has 0 radical (unpaired) electrons. The average molecular weight is 75.0 g/mol. The van der Waals surface area contributed by atoms with Gasteiger partial charge in [-0.15, -0.1) is 0 Å². The van der Waals surface area contributed by atoms with Gasteiger partial charge in [0, 0.05) is 0 Å². The quantitative estimate of drug-likeness (QED) is 0.195. The molecule has 0 spiro atoms. The lowest BCUT2D eigenvalue weighted by atomic mass is 11.3. The number of amides is 1. The maximum absolute atomic E-state index is 9.02. The van der Waals surface area contributed by atoms with Gasteiger partial charge in [-0.3, -0.25) is 0 Å². The number of carboxylic acid groups (broad SMARTS) is 1. The highest BCUT2D eigenvalue weighted by atomic mass is 16.4. The molecule has 1 amide bonds. The Hall–Kier alpha value is -0.770. The topological polar surface area (TPSA) is 78.2 Å². The number of nitrogens with one attached hydrogen (secondary N) is 1. The fourth-order valence-electron chi connectivity index (χ4n) is 0. The molecule has 4 nitrogen and oxygen atoms in total. The van der Waals surface area contributed by atoms with Crippen LogP contribution in [0.1, 0.15) is 0 Å². The Morgan fingerprint density at radius 3 is 2.20 bits per heavy atom. The van der Waals surface area contributed by atoms with Crippen LogP contribution in [-0.4, -0.2) is 6.09 Å². The predicted molar refractivity (Wildman–Crippen MR) is 12.7 cm³/mol. The van der Waals surface area contributed by atoms with Crippen LogP contribution in [0.2, 0.25) is 0 Å². The van der Waals surface area contributed by atoms with Crippen molar-refractivity contribution in [1.29, 1.82) is 0 Å². The van der Waals surface area contributed by atoms with Gasteiger partial charge in [0.05, 0.1) is 0 Å². The highest BCUT2D eigenvalue weighted by Gasteiger charge is 1.59. The minimum atomic E-state index is -1.47. The summed E-state index contributed by atoms with van der Waals surface area (Å²) in [4.78, 5) is 9.02. The number of carbonyl (C=O) groups is 1. The molecule has 0 rings (SSSR count). The first kappa shape index (κ1) is 4.23. The van der Waals surface area contributed by atoms with Crippen LogP contribution in [0, 0.1) is 0 Å². The molecule has 3 N–H and O–H groups in total. The largest absolute Gasteiger partial charge is 0.529 e. The number of hydrogen-bond donors (Lipinski definition) is 2. The standard InChI is InChI=1S/CH4N2O2/c2-3-1(4)5/h3H,2H2,(H,4,5)/p-1. The first-order valence-corrected chi connectivity index (χ1v) is 0.947. The molecule has 0 aliphatic carbocycles. The van der Waals surface area contributed by atoms with E-state index in [-0.39, 0.29) is 0 Å². The molecule has 0 atom stereocenters. The highest BCUT2D eigenvalue weighted by molar-refractivity contribution is 5.60. The number of nitrogens with two attached hydrogens (primary N) is 1. The molecule has 0 heterocycles. The fourth-order valence-corrected chi connectivity index (χ4v) is 0. The van der Waals surface area contributed by atoms with E-state index in [9.17, 15) is 0 Å². The van der Waals surface area contributed by atoms with Crippen molar-refractivity contribution in [3.05, 3.63) is 0 Å². The molecule has 0 aromatic heterocycles. The molecular formula is CH3N2O2-. The lowest BCUT2D eigenvalue weighted by molar-refractivity contribution is -0.250. The van der Waals surface area contributed by atoms with Gasteiger partial charge in [0.1, 0.15) is 6.09 Å². The van der Waals surface area contributed by atoms with E-state index < -0.39 is 6.09 Å². The van der Waals surface area contributed by atoms with E-state index in [2.05, 4.69) is 5.84 Å². The first-order chi connectivity index (χ1) is 2.27. The molecule has 0 aliphatic heterocycles. The van der Waals surface area contributed by atoms with Gasteiger partial charge in [-0.25, -0.2) is 5.84 Å². The molecule has 0 fully saturated rings. The lowest BCUT2D eigenvalue weighted by Gasteiger charge is -1.92. The molecule has 30 valence electrons. The van der Waals surface area contributed by atoms with Crippen LogP contribution >= 0.6 is 0 Å². The Kier molecular flexibility index (Phi) is 1.30. The third-order valence-corrected chi connectivity index (χ3v) is 0.118. The van der Waals surface area contributed by atoms with Gasteiger partial charge in [0.25, 0.3) is 0 Å². The second-order valence-corrected chi connectivity index (χ2v) is 0.432. The SMILES string of the molecule is NNC(=O)[O-]. The summed E-state index contributed by atoms with van der Waals surface area (Å²) in [6.45, 7) is 0. The van der Waals surface area contributed by atoms with Crippen LogP contribution in [0.15, 0.2) is 0 Å². The summed E-state index contributed by atoms with van der Waals surface area (Å²) >= 11 is 0. The van der Waals surface area contributed by atoms with Crippen molar-refractivity contribution in [2.75, 3.05) is 0 Å². The molecule has 0 aliphatic rings. The summed E-state index contributed by atoms with van der Waals surface area (Å²) in [5, 5.41) is 9.02. The number of hydrazine groups is 1. The zero-order valence-electron chi connectivity index (χ0n) is 2.39. The molecule has 0 aromatic carbocycles. The molecule has 4 heteroatoms. The van der Waals surface area contributed by atoms with Crippen molar-refractivity contribution < 1.29 is 9.90 Å². The summed E-state index contributed by atoms with van der Waals surface area (Å²) in [6.07, 6.45) is -1.47. The molecule has 0 saturated carbocycles. The van der Waals surface area contributed by atoms with E-state index in [0.717, 1.165) is 0 Å². The Labute approximate surface area is 28.6 Å². The fraction of sp³-hybridized carbons (Fsp3) is 0. The van der Waals surface area contributed by atoms with E-state index in [1.54, 1.807) is 0 Å². The van der Waals surface area contributed by atoms with Gasteiger partial charge in [-0.2, -0.15) is 0 Å². The van der Waals surface area contributed by atoms with E-state index in [0.29, 0.717) is 0 Å². The third kappa shape index (κ3) is 3.23. The minimum Gasteiger partial charge on any atom is -0.529 e. The van der Waals surface area contributed by atoms with Crippen LogP contribution in [0.4, 0.5) is 4.79 Å². The van der Waals surface area contributed by atoms with Crippen molar-refractivity contribution in [3.63, 3.8) is 0 Å². The molecule has 0 saturated heterocycles. The van der Waals surface area contributed by atoms with Gasteiger partial charge in [0.2, 0.25) is 0 Å². The maximum Gasteiger partial charge on any atom is 0.149 e. The summed E-state index contributed by atoms with van der Waals surface area (Å²) in [5.74, 6) is 4.26. The normalized spacial score (nSPS) is 6.60. The number of carbonyl (C=O) groups excluding carboxylic acids is 1. The number of hydrogen-bond acceptors (Lipinski definition) is 3. The van der Waals surface area contributed by atoms with E-state index >= 15 is 0 Å². The van der Waals surface area contributed by atoms with E-state index in [4.69, 9.17) is 9.90 Å². The smallest absolute Gasteiger partial charge is 0.149 e. The second kappa shape index (κ2) is 1.54. The molecule has 5 heavy (non-hydrogen) atoms. The van der Waals surface area contributed by atoms with Crippen molar-refractivity contribution in [2.45, 2.75) is 0 Å². The van der Waals surface area contributed by atoms with Crippen LogP contribution in [0.5, 0.6) is 0 Å². The Balaban J connectivity index is 2.85. The molecular weight excluding hydrogens is 72.0 g/mol. The van der Waals surface area contributed by atoms with Crippen molar-refractivity contribution in [1.82, 2.24) is 5.43 Å². The maximum atomic E-state index is 9.02. The lowest BCUT2D eigenvalue weighted by Crippen LogP contribution is -2.40. The molecule has 0 bridgehead atoms. The van der Waals surface area contributed by atoms with Crippen molar-refractivity contribution in [2.24, 2.45) is 5.84 Å². The zero-order valence-corrected chi connectivity index (χ0v) is 2.39. The monoisotopic (exact) mass is 75.0 g/mol. The average Bonchev–Trinajstić information content (AvgIpc) is 1.38. The Bertz CT molecular complexity index is 42.9. The van der Waals surface area contributed by atoms with E-state index in [1.165, 1.54) is 5.43 Å². The summed E-state index contributed by atoms with van der Waals surface area (Å²) in [5.41, 5.74) is 1.33. The Morgan fingerprint density at radius 2 is 2.20 bits per heavy atom. The van der Waals surface area contributed by atoms with Gasteiger partial charge >= 0.3 is 0 Å². The second-order valence-electron chi connectivity index (χ2n) is 0.432. The van der Waals surface area contributed by atoms with Crippen LogP contribution < -0.4 is 16.4 Å². The summed E-state index contributed by atoms with van der Waals surface area (Å²) in [6, 6.07) is 0. The first-order valence-electron chi connectivity index (χ1n) is 0.947. The van der Waals surface area contributed by atoms with Crippen LogP contribution in [0.25, 0.3) is 0 Å². The number of rotatable bonds is 0. The van der Waals surface area contributed by atoms with Gasteiger partial charge in [-0.1, -0.05) is 0 Å². The summed E-state index contributed by atoms with van der Waals surface area (Å²) < 4.78 is 0. The summed E-state index contributed by atoms with van der Waals surface area (Å²) in [7, 11) is 0. The van der Waals surface area contributed by atoms with Crippen molar-refractivity contribution >= 4 is 6.09 Å². The Morgan fingerprint density at radius 1 is 2.00 bits per heavy atom. The van der Waals surface area contributed by atoms with Crippen LogP contribution in [-0.2, 0) is 0 Å². The predicted octanol–water partition coefficient (Wildman–Crippen LogP) is -2.21. The van der Waals surface area contributed by atoms with Crippen LogP contribution in [0.3, 0.4) is 0 Å². The van der Waals surface area contributed by atoms with Gasteiger partial charge in [0.15, 0.2) is 0 Å². The molecule has 0 aromatic rings. The van der Waals surface area contributed by atoms with E-state index in [1.807, 2.05) is 0 Å². The minimum absolute atomic E-state index is 1.33. The third-order valence-electron chi connectivity index (χ3n) is 0.118. The van der Waals surface area contributed by atoms with Gasteiger partial charge in [-0.05, 0) is 0 Å². The molecule has 0 unspecified atom stereocenters. The van der Waals surface area contributed by atoms with Crippen molar-refractivity contribution in [3.8, 4) is 0 Å². The highest BCUT2D eigenvalue weighted by Crippen LogP contribution is 1.32. The zero-order chi connectivity index (χ0) is 4.28.